The van der Waals surface area contributed by atoms with Crippen LogP contribution in [-0.4, -0.2) is 18.5 Å². The molecule has 0 saturated heterocycles. The molecule has 0 unspecified atom stereocenters. The molecule has 0 bridgehead atoms. The van der Waals surface area contributed by atoms with Crippen LogP contribution in [-0.2, 0) is 4.79 Å². The summed E-state index contributed by atoms with van der Waals surface area (Å²) < 4.78 is 11.5. The van der Waals surface area contributed by atoms with Gasteiger partial charge in [-0.2, -0.15) is 0 Å². The zero-order valence-corrected chi connectivity index (χ0v) is 16.4. The molecule has 1 fully saturated rings. The van der Waals surface area contributed by atoms with Gasteiger partial charge in [-0.3, -0.25) is 9.79 Å². The Labute approximate surface area is 171 Å². The summed E-state index contributed by atoms with van der Waals surface area (Å²) in [5.74, 6) is 1.88. The fourth-order valence-corrected chi connectivity index (χ4v) is 3.24. The van der Waals surface area contributed by atoms with Crippen LogP contribution in [0.15, 0.2) is 59.6 Å². The van der Waals surface area contributed by atoms with E-state index in [1.807, 2.05) is 42.5 Å². The maximum Gasteiger partial charge on any atom is 0.314 e. The number of carbonyl (C=O) groups is 1. The van der Waals surface area contributed by atoms with Gasteiger partial charge < -0.3 is 20.9 Å². The van der Waals surface area contributed by atoms with Crippen molar-refractivity contribution in [1.29, 1.82) is 0 Å². The number of ether oxygens (including phenoxy) is 2. The molecule has 0 atom stereocenters. The number of halogens is 1. The third kappa shape index (κ3) is 6.16. The molecule has 0 amide bonds. The molecule has 1 aliphatic rings. The van der Waals surface area contributed by atoms with Gasteiger partial charge in [-0.15, -0.1) is 12.4 Å². The molecule has 2 aromatic rings. The highest BCUT2D eigenvalue weighted by Crippen LogP contribution is 2.34. The Balaban J connectivity index is 0.00000280. The second kappa shape index (κ2) is 10.6. The number of nitrogens with two attached hydrogens (primary N) is 2. The molecular formula is C21H26ClN3O3. The van der Waals surface area contributed by atoms with Crippen molar-refractivity contribution in [3.8, 4) is 17.2 Å². The highest BCUT2D eigenvalue weighted by molar-refractivity contribution is 5.85. The second-order valence-electron chi connectivity index (χ2n) is 6.77. The van der Waals surface area contributed by atoms with Crippen LogP contribution >= 0.6 is 12.4 Å². The van der Waals surface area contributed by atoms with E-state index in [1.165, 1.54) is 0 Å². The average Bonchev–Trinajstić information content (AvgIpc) is 2.69. The SMILES string of the molecule is Cl.NC(N)=NCC1CCC(C(=O)Oc2ccccc2Oc2ccccc2)CC1. The molecule has 0 spiro atoms. The Morgan fingerprint density at radius 1 is 0.929 bits per heavy atom. The van der Waals surface area contributed by atoms with E-state index in [0.29, 0.717) is 29.7 Å². The Morgan fingerprint density at radius 3 is 2.18 bits per heavy atom. The van der Waals surface area contributed by atoms with Crippen molar-refractivity contribution in [2.24, 2.45) is 28.3 Å². The summed E-state index contributed by atoms with van der Waals surface area (Å²) in [4.78, 5) is 16.7. The lowest BCUT2D eigenvalue weighted by Gasteiger charge is -2.26. The standard InChI is InChI=1S/C21H25N3O3.ClH/c22-21(23)24-14-15-10-12-16(13-11-15)20(25)27-19-9-5-4-8-18(19)26-17-6-2-1-3-7-17;/h1-9,15-16H,10-14H2,(H4,22,23,24);1H. The topological polar surface area (TPSA) is 99.9 Å². The molecule has 150 valence electrons. The van der Waals surface area contributed by atoms with Crippen LogP contribution in [0, 0.1) is 11.8 Å². The predicted octanol–water partition coefficient (Wildman–Crippen LogP) is 3.89. The molecule has 0 aromatic heterocycles. The van der Waals surface area contributed by atoms with Gasteiger partial charge in [0.15, 0.2) is 17.5 Å². The smallest absolute Gasteiger partial charge is 0.314 e. The second-order valence-corrected chi connectivity index (χ2v) is 6.77. The number of hydrogen-bond donors (Lipinski definition) is 2. The van der Waals surface area contributed by atoms with Gasteiger partial charge in [0.1, 0.15) is 5.75 Å². The van der Waals surface area contributed by atoms with E-state index in [2.05, 4.69) is 4.99 Å². The first-order valence-corrected chi connectivity index (χ1v) is 9.21. The van der Waals surface area contributed by atoms with E-state index in [9.17, 15) is 4.79 Å². The molecule has 0 radical (unpaired) electrons. The maximum atomic E-state index is 12.6. The molecule has 1 saturated carbocycles. The van der Waals surface area contributed by atoms with Gasteiger partial charge >= 0.3 is 5.97 Å². The quantitative estimate of drug-likeness (QED) is 0.330. The van der Waals surface area contributed by atoms with Crippen molar-refractivity contribution in [3.05, 3.63) is 54.6 Å². The van der Waals surface area contributed by atoms with Crippen LogP contribution in [0.1, 0.15) is 25.7 Å². The number of benzene rings is 2. The van der Waals surface area contributed by atoms with Crippen LogP contribution in [0.4, 0.5) is 0 Å². The highest BCUT2D eigenvalue weighted by Gasteiger charge is 2.28. The zero-order valence-electron chi connectivity index (χ0n) is 15.6. The van der Waals surface area contributed by atoms with Gasteiger partial charge in [-0.1, -0.05) is 30.3 Å². The van der Waals surface area contributed by atoms with E-state index >= 15 is 0 Å². The minimum Gasteiger partial charge on any atom is -0.453 e. The van der Waals surface area contributed by atoms with Gasteiger partial charge in [-0.05, 0) is 55.9 Å². The van der Waals surface area contributed by atoms with Gasteiger partial charge in [0, 0.05) is 6.54 Å². The summed E-state index contributed by atoms with van der Waals surface area (Å²) >= 11 is 0. The summed E-state index contributed by atoms with van der Waals surface area (Å²) in [7, 11) is 0. The van der Waals surface area contributed by atoms with Gasteiger partial charge in [0.05, 0.1) is 5.92 Å². The Morgan fingerprint density at radius 2 is 1.54 bits per heavy atom. The van der Waals surface area contributed by atoms with Crippen LogP contribution in [0.25, 0.3) is 0 Å². The molecule has 0 heterocycles. The zero-order chi connectivity index (χ0) is 19.1. The number of guanidine groups is 1. The van der Waals surface area contributed by atoms with Crippen molar-refractivity contribution in [1.82, 2.24) is 0 Å². The molecular weight excluding hydrogens is 378 g/mol. The van der Waals surface area contributed by atoms with Crippen LogP contribution in [0.3, 0.4) is 0 Å². The van der Waals surface area contributed by atoms with E-state index in [-0.39, 0.29) is 30.3 Å². The summed E-state index contributed by atoms with van der Waals surface area (Å²) in [5.41, 5.74) is 10.8. The van der Waals surface area contributed by atoms with Gasteiger partial charge in [-0.25, -0.2) is 0 Å². The Kier molecular flexibility index (Phi) is 8.14. The molecule has 6 nitrogen and oxygen atoms in total. The maximum absolute atomic E-state index is 12.6. The van der Waals surface area contributed by atoms with Crippen molar-refractivity contribution in [2.75, 3.05) is 6.54 Å². The largest absolute Gasteiger partial charge is 0.453 e. The molecule has 2 aromatic carbocycles. The molecule has 28 heavy (non-hydrogen) atoms. The van der Waals surface area contributed by atoms with Crippen LogP contribution in [0.5, 0.6) is 17.2 Å². The fourth-order valence-electron chi connectivity index (χ4n) is 3.24. The molecule has 7 heteroatoms. The Hall–Kier alpha value is -2.73. The Bertz CT molecular complexity index is 786. The molecule has 4 N–H and O–H groups in total. The first-order chi connectivity index (χ1) is 13.1. The van der Waals surface area contributed by atoms with E-state index < -0.39 is 0 Å². The van der Waals surface area contributed by atoms with E-state index in [4.69, 9.17) is 20.9 Å². The summed E-state index contributed by atoms with van der Waals surface area (Å²) in [6.45, 7) is 0.623. The summed E-state index contributed by atoms with van der Waals surface area (Å²) in [6, 6.07) is 16.6. The number of carbonyl (C=O) groups excluding carboxylic acids is 1. The first-order valence-electron chi connectivity index (χ1n) is 9.21. The summed E-state index contributed by atoms with van der Waals surface area (Å²) in [5, 5.41) is 0. The normalized spacial score (nSPS) is 18.4. The monoisotopic (exact) mass is 403 g/mol. The lowest BCUT2D eigenvalue weighted by molar-refractivity contribution is -0.140. The minimum absolute atomic E-state index is 0. The number of nitrogens with zero attached hydrogens (tertiary/aromatic N) is 1. The molecule has 1 aliphatic carbocycles. The average molecular weight is 404 g/mol. The number of para-hydroxylation sites is 3. The number of hydrogen-bond acceptors (Lipinski definition) is 4. The van der Waals surface area contributed by atoms with Crippen molar-refractivity contribution >= 4 is 24.3 Å². The van der Waals surface area contributed by atoms with E-state index in [1.54, 1.807) is 12.1 Å². The minimum atomic E-state index is -0.209. The van der Waals surface area contributed by atoms with Crippen LogP contribution < -0.4 is 20.9 Å². The number of rotatable bonds is 6. The number of esters is 1. The highest BCUT2D eigenvalue weighted by atomic mass is 35.5. The fraction of sp³-hybridized carbons (Fsp3) is 0.333. The molecule has 3 rings (SSSR count). The first kappa shape index (κ1) is 21.6. The third-order valence-electron chi connectivity index (χ3n) is 4.74. The lowest BCUT2D eigenvalue weighted by atomic mass is 9.82. The lowest BCUT2D eigenvalue weighted by Crippen LogP contribution is -2.28. The van der Waals surface area contributed by atoms with Crippen molar-refractivity contribution in [2.45, 2.75) is 25.7 Å². The van der Waals surface area contributed by atoms with Crippen molar-refractivity contribution in [3.63, 3.8) is 0 Å². The predicted molar refractivity (Wildman–Crippen MR) is 112 cm³/mol. The number of aliphatic imine (C=N–C) groups is 1. The van der Waals surface area contributed by atoms with Gasteiger partial charge in [0.25, 0.3) is 0 Å². The van der Waals surface area contributed by atoms with Crippen LogP contribution in [0.2, 0.25) is 0 Å². The summed E-state index contributed by atoms with van der Waals surface area (Å²) in [6.07, 6.45) is 3.40. The molecule has 0 aliphatic heterocycles. The van der Waals surface area contributed by atoms with Crippen molar-refractivity contribution < 1.29 is 14.3 Å². The van der Waals surface area contributed by atoms with E-state index in [0.717, 1.165) is 25.7 Å². The third-order valence-corrected chi connectivity index (χ3v) is 4.74. The van der Waals surface area contributed by atoms with Gasteiger partial charge in [0.2, 0.25) is 0 Å².